The molecular weight excluding hydrogens is 410 g/mol. The van der Waals surface area contributed by atoms with Gasteiger partial charge in [0, 0.05) is 11.1 Å². The highest BCUT2D eigenvalue weighted by Gasteiger charge is 2.22. The summed E-state index contributed by atoms with van der Waals surface area (Å²) in [7, 11) is -9.14. The molecule has 0 aliphatic rings. The Hall–Kier alpha value is -3.06. The fourth-order valence-corrected chi connectivity index (χ4v) is 3.65. The van der Waals surface area contributed by atoms with E-state index in [1.54, 1.807) is 6.07 Å². The van der Waals surface area contributed by atoms with Gasteiger partial charge in [-0.25, -0.2) is 0 Å². The highest BCUT2D eigenvalue weighted by molar-refractivity contribution is 7.86. The molecular formula is C16H13N3O7S2. The average Bonchev–Trinajstić information content (AvgIpc) is 2.59. The molecule has 12 heteroatoms. The maximum absolute atomic E-state index is 11.7. The lowest BCUT2D eigenvalue weighted by Crippen LogP contribution is -1.99. The number of phenolic OH excluding ortho intramolecular Hbond substituents is 1. The third-order valence-electron chi connectivity index (χ3n) is 3.79. The molecule has 0 saturated heterocycles. The molecule has 0 unspecified atom stereocenters. The van der Waals surface area contributed by atoms with Crippen molar-refractivity contribution in [2.75, 3.05) is 5.73 Å². The summed E-state index contributed by atoms with van der Waals surface area (Å²) in [4.78, 5) is -1.05. The number of fused-ring (bicyclic) bond motifs is 1. The molecule has 0 saturated carbocycles. The van der Waals surface area contributed by atoms with E-state index in [-0.39, 0.29) is 27.0 Å². The molecule has 3 aromatic carbocycles. The molecule has 0 aliphatic heterocycles. The van der Waals surface area contributed by atoms with Gasteiger partial charge in [-0.05, 0) is 41.8 Å². The quantitative estimate of drug-likeness (QED) is 0.281. The molecule has 28 heavy (non-hydrogen) atoms. The van der Waals surface area contributed by atoms with E-state index in [2.05, 4.69) is 10.2 Å². The fourth-order valence-electron chi connectivity index (χ4n) is 2.51. The van der Waals surface area contributed by atoms with Gasteiger partial charge in [0.25, 0.3) is 20.2 Å². The van der Waals surface area contributed by atoms with E-state index in [0.29, 0.717) is 0 Å². The normalized spacial score (nSPS) is 12.6. The zero-order valence-electron chi connectivity index (χ0n) is 13.9. The Kier molecular flexibility index (Phi) is 4.81. The van der Waals surface area contributed by atoms with Gasteiger partial charge in [0.2, 0.25) is 0 Å². The molecule has 3 aromatic rings. The highest BCUT2D eigenvalue weighted by atomic mass is 32.2. The zero-order valence-corrected chi connectivity index (χ0v) is 15.5. The van der Waals surface area contributed by atoms with Crippen molar-refractivity contribution in [2.24, 2.45) is 10.2 Å². The van der Waals surface area contributed by atoms with Crippen LogP contribution in [0.15, 0.2) is 68.6 Å². The van der Waals surface area contributed by atoms with Gasteiger partial charge in [0.15, 0.2) is 5.75 Å². The van der Waals surface area contributed by atoms with Crippen LogP contribution in [0, 0.1) is 0 Å². The minimum absolute atomic E-state index is 0.0919. The molecule has 10 nitrogen and oxygen atoms in total. The van der Waals surface area contributed by atoms with Gasteiger partial charge in [0.05, 0.1) is 10.6 Å². The summed E-state index contributed by atoms with van der Waals surface area (Å²) in [5.74, 6) is -0.596. The van der Waals surface area contributed by atoms with Crippen LogP contribution in [0.3, 0.4) is 0 Å². The number of benzene rings is 3. The smallest absolute Gasteiger partial charge is 0.296 e. The topological polar surface area (TPSA) is 180 Å². The third kappa shape index (κ3) is 3.80. The molecule has 0 fully saturated rings. The van der Waals surface area contributed by atoms with Crippen LogP contribution in [0.2, 0.25) is 0 Å². The first kappa shape index (κ1) is 19.7. The number of aromatic hydroxyl groups is 1. The molecule has 0 radical (unpaired) electrons. The van der Waals surface area contributed by atoms with E-state index in [1.807, 2.05) is 0 Å². The van der Waals surface area contributed by atoms with Crippen LogP contribution in [0.4, 0.5) is 17.1 Å². The average molecular weight is 423 g/mol. The SMILES string of the molecule is Nc1cccc2cc(S(=O)(=O)O)c(N=Nc3ccc(S(=O)(=O)O)cc3)c(O)c12. The number of rotatable bonds is 4. The van der Waals surface area contributed by atoms with Crippen molar-refractivity contribution in [2.45, 2.75) is 9.79 Å². The maximum Gasteiger partial charge on any atom is 0.296 e. The summed E-state index contributed by atoms with van der Waals surface area (Å²) in [5.41, 5.74) is 5.54. The molecule has 0 heterocycles. The van der Waals surface area contributed by atoms with Crippen LogP contribution in [-0.2, 0) is 20.2 Å². The van der Waals surface area contributed by atoms with Gasteiger partial charge < -0.3 is 10.8 Å². The van der Waals surface area contributed by atoms with Gasteiger partial charge in [-0.1, -0.05) is 12.1 Å². The Labute approximate surface area is 159 Å². The van der Waals surface area contributed by atoms with Crippen molar-refractivity contribution in [3.05, 3.63) is 48.5 Å². The molecule has 0 atom stereocenters. The van der Waals surface area contributed by atoms with Crippen molar-refractivity contribution in [1.82, 2.24) is 0 Å². The molecule has 0 spiro atoms. The number of anilines is 1. The number of hydrogen-bond acceptors (Lipinski definition) is 8. The Balaban J connectivity index is 2.18. The molecule has 0 bridgehead atoms. The van der Waals surface area contributed by atoms with E-state index >= 15 is 0 Å². The minimum atomic E-state index is -4.76. The van der Waals surface area contributed by atoms with Crippen molar-refractivity contribution in [3.63, 3.8) is 0 Å². The summed E-state index contributed by atoms with van der Waals surface area (Å²) in [6.45, 7) is 0. The van der Waals surface area contributed by atoms with Crippen molar-refractivity contribution in [1.29, 1.82) is 0 Å². The second-order valence-corrected chi connectivity index (χ2v) is 8.47. The number of nitrogens with two attached hydrogens (primary N) is 1. The van der Waals surface area contributed by atoms with Crippen molar-refractivity contribution < 1.29 is 31.0 Å². The maximum atomic E-state index is 11.7. The minimum Gasteiger partial charge on any atom is -0.505 e. The molecule has 5 N–H and O–H groups in total. The Morgan fingerprint density at radius 1 is 0.857 bits per heavy atom. The predicted molar refractivity (Wildman–Crippen MR) is 100 cm³/mol. The van der Waals surface area contributed by atoms with Crippen LogP contribution in [0.1, 0.15) is 0 Å². The van der Waals surface area contributed by atoms with Crippen LogP contribution >= 0.6 is 0 Å². The number of nitrogens with zero attached hydrogens (tertiary/aromatic N) is 2. The van der Waals surface area contributed by atoms with E-state index in [1.165, 1.54) is 24.3 Å². The monoisotopic (exact) mass is 423 g/mol. The predicted octanol–water partition coefficient (Wildman–Crippen LogP) is 3.04. The van der Waals surface area contributed by atoms with E-state index in [4.69, 9.17) is 10.3 Å². The lowest BCUT2D eigenvalue weighted by Gasteiger charge is -2.10. The Bertz CT molecular complexity index is 1320. The van der Waals surface area contributed by atoms with Crippen LogP contribution < -0.4 is 5.73 Å². The first-order valence-corrected chi connectivity index (χ1v) is 10.4. The van der Waals surface area contributed by atoms with Gasteiger partial charge in [0.1, 0.15) is 10.6 Å². The first-order chi connectivity index (χ1) is 13.0. The Morgan fingerprint density at radius 2 is 1.50 bits per heavy atom. The number of nitrogen functional groups attached to an aromatic ring is 1. The van der Waals surface area contributed by atoms with E-state index in [0.717, 1.165) is 18.2 Å². The third-order valence-corrected chi connectivity index (χ3v) is 5.52. The summed E-state index contributed by atoms with van der Waals surface area (Å²) in [6.07, 6.45) is 0. The largest absolute Gasteiger partial charge is 0.505 e. The second-order valence-electron chi connectivity index (χ2n) is 5.66. The molecule has 0 aromatic heterocycles. The van der Waals surface area contributed by atoms with Gasteiger partial charge in [-0.2, -0.15) is 21.9 Å². The first-order valence-electron chi connectivity index (χ1n) is 7.49. The second kappa shape index (κ2) is 6.83. The van der Waals surface area contributed by atoms with Gasteiger partial charge in [-0.3, -0.25) is 9.11 Å². The number of azo groups is 1. The molecule has 146 valence electrons. The van der Waals surface area contributed by atoms with Crippen LogP contribution in [0.25, 0.3) is 10.8 Å². The summed E-state index contributed by atoms with van der Waals surface area (Å²) >= 11 is 0. The van der Waals surface area contributed by atoms with E-state index < -0.39 is 36.6 Å². The van der Waals surface area contributed by atoms with E-state index in [9.17, 15) is 26.5 Å². The summed E-state index contributed by atoms with van der Waals surface area (Å²) < 4.78 is 64.0. The molecule has 0 amide bonds. The van der Waals surface area contributed by atoms with Crippen molar-refractivity contribution >= 4 is 48.1 Å². The summed E-state index contributed by atoms with van der Waals surface area (Å²) in [5, 5.41) is 18.3. The fraction of sp³-hybridized carbons (Fsp3) is 0. The van der Waals surface area contributed by atoms with Crippen LogP contribution in [0.5, 0.6) is 5.75 Å². The lowest BCUT2D eigenvalue weighted by molar-refractivity contribution is 0.472. The van der Waals surface area contributed by atoms with Gasteiger partial charge in [-0.15, -0.1) is 5.11 Å². The lowest BCUT2D eigenvalue weighted by atomic mass is 10.1. The zero-order chi connectivity index (χ0) is 20.7. The highest BCUT2D eigenvalue weighted by Crippen LogP contribution is 2.43. The van der Waals surface area contributed by atoms with Crippen molar-refractivity contribution in [3.8, 4) is 5.75 Å². The number of phenols is 1. The number of hydrogen-bond donors (Lipinski definition) is 4. The molecule has 0 aliphatic carbocycles. The standard InChI is InChI=1S/C16H13N3O7S2/c17-12-3-1-2-9-8-13(28(24,25)26)15(16(20)14(9)12)19-18-10-4-6-11(7-5-10)27(21,22)23/h1-8,20H,17H2,(H,21,22,23)(H,24,25,26). The van der Waals surface area contributed by atoms with Crippen LogP contribution in [-0.4, -0.2) is 31.0 Å². The Morgan fingerprint density at radius 3 is 2.07 bits per heavy atom. The van der Waals surface area contributed by atoms with Gasteiger partial charge >= 0.3 is 0 Å². The molecule has 3 rings (SSSR count). The summed E-state index contributed by atoms with van der Waals surface area (Å²) in [6, 6.07) is 10.1.